The molecule has 0 atom stereocenters. The highest BCUT2D eigenvalue weighted by Crippen LogP contribution is 2.37. The fourth-order valence-electron chi connectivity index (χ4n) is 4.75. The molecule has 3 heterocycles. The molecule has 11 heteroatoms. The van der Waals surface area contributed by atoms with Crippen LogP contribution in [-0.4, -0.2) is 44.7 Å². The Labute approximate surface area is 201 Å². The lowest BCUT2D eigenvalue weighted by Crippen LogP contribution is -2.29. The predicted octanol–water partition coefficient (Wildman–Crippen LogP) is 4.17. The minimum atomic E-state index is -0.475. The molecule has 2 aromatic heterocycles. The van der Waals surface area contributed by atoms with E-state index in [1.165, 1.54) is 6.07 Å². The zero-order valence-electron chi connectivity index (χ0n) is 18.6. The van der Waals surface area contributed by atoms with Crippen molar-refractivity contribution in [3.8, 4) is 0 Å². The Morgan fingerprint density at radius 2 is 1.91 bits per heavy atom. The van der Waals surface area contributed by atoms with Crippen LogP contribution in [-0.2, 0) is 9.53 Å². The number of carbonyl (C=O) groups excluding carboxylic acids is 1. The monoisotopic (exact) mass is 487 g/mol. The molecule has 1 saturated heterocycles. The molecule has 0 bridgehead atoms. The average molecular weight is 488 g/mol. The summed E-state index contributed by atoms with van der Waals surface area (Å²) in [6.07, 6.45) is 6.31. The number of nitrogens with one attached hydrogen (secondary N) is 2. The second-order valence-corrected chi connectivity index (χ2v) is 9.33. The molecule has 1 amide bonds. The largest absolute Gasteiger partial charge is 0.381 e. The maximum absolute atomic E-state index is 14.5. The molecule has 0 spiro atoms. The number of fused-ring (bicyclic) bond motifs is 1. The van der Waals surface area contributed by atoms with Gasteiger partial charge in [0.05, 0.1) is 11.9 Å². The van der Waals surface area contributed by atoms with Gasteiger partial charge < -0.3 is 21.1 Å². The van der Waals surface area contributed by atoms with E-state index in [4.69, 9.17) is 27.1 Å². The summed E-state index contributed by atoms with van der Waals surface area (Å²) in [5, 5.41) is 6.83. The number of rotatable bonds is 6. The first-order chi connectivity index (χ1) is 16.5. The van der Waals surface area contributed by atoms with Crippen LogP contribution in [0.3, 0.4) is 0 Å². The molecule has 9 nitrogen and oxygen atoms in total. The molecule has 1 aliphatic heterocycles. The van der Waals surface area contributed by atoms with Crippen LogP contribution in [0.1, 0.15) is 44.6 Å². The Morgan fingerprint density at radius 1 is 1.15 bits per heavy atom. The van der Waals surface area contributed by atoms with Gasteiger partial charge in [0.25, 0.3) is 0 Å². The van der Waals surface area contributed by atoms with E-state index in [1.807, 2.05) is 4.57 Å². The zero-order valence-corrected chi connectivity index (χ0v) is 19.4. The van der Waals surface area contributed by atoms with E-state index in [-0.39, 0.29) is 29.6 Å². The standard InChI is InChI=1S/C23H27ClFN7O2/c24-14-3-6-18(17(25)11-14)29-23-30-19-12-27-22(28-15-7-9-34-10-8-15)31-21(19)32(23)16-4-1-13(2-5-16)20(26)33/h3,6,11-13,15-16H,1-2,4-5,7-10H2,(H2,26,33)(H,29,30)(H,27,28,31)/t13-,16-. The summed E-state index contributed by atoms with van der Waals surface area (Å²) in [6, 6.07) is 4.73. The summed E-state index contributed by atoms with van der Waals surface area (Å²) in [6.45, 7) is 1.42. The van der Waals surface area contributed by atoms with Crippen LogP contribution >= 0.6 is 11.6 Å². The number of nitrogens with zero attached hydrogens (tertiary/aromatic N) is 4. The van der Waals surface area contributed by atoms with Crippen molar-refractivity contribution < 1.29 is 13.9 Å². The van der Waals surface area contributed by atoms with E-state index in [0.717, 1.165) is 25.7 Å². The van der Waals surface area contributed by atoms with Crippen molar-refractivity contribution >= 4 is 46.3 Å². The van der Waals surface area contributed by atoms with Crippen molar-refractivity contribution in [2.45, 2.75) is 50.6 Å². The quantitative estimate of drug-likeness (QED) is 0.477. The van der Waals surface area contributed by atoms with Gasteiger partial charge in [-0.2, -0.15) is 4.98 Å². The Hall–Kier alpha value is -2.98. The molecule has 0 radical (unpaired) electrons. The van der Waals surface area contributed by atoms with Crippen LogP contribution in [0.25, 0.3) is 11.2 Å². The van der Waals surface area contributed by atoms with Gasteiger partial charge in [-0.05, 0) is 56.7 Å². The highest BCUT2D eigenvalue weighted by molar-refractivity contribution is 6.30. The van der Waals surface area contributed by atoms with Gasteiger partial charge in [0, 0.05) is 36.2 Å². The lowest BCUT2D eigenvalue weighted by Gasteiger charge is -2.29. The van der Waals surface area contributed by atoms with Crippen LogP contribution < -0.4 is 16.4 Å². The summed E-state index contributed by atoms with van der Waals surface area (Å²) >= 11 is 5.91. The van der Waals surface area contributed by atoms with Crippen LogP contribution in [0, 0.1) is 11.7 Å². The molecule has 0 unspecified atom stereocenters. The van der Waals surface area contributed by atoms with Crippen molar-refractivity contribution in [3.05, 3.63) is 35.2 Å². The van der Waals surface area contributed by atoms with E-state index < -0.39 is 5.82 Å². The third-order valence-corrected chi connectivity index (χ3v) is 6.86. The van der Waals surface area contributed by atoms with Crippen LogP contribution in [0.15, 0.2) is 24.4 Å². The number of nitrogens with two attached hydrogens (primary N) is 1. The summed E-state index contributed by atoms with van der Waals surface area (Å²) in [5.41, 5.74) is 7.05. The minimum Gasteiger partial charge on any atom is -0.381 e. The van der Waals surface area contributed by atoms with Gasteiger partial charge in [-0.3, -0.25) is 9.36 Å². The molecule has 3 aromatic rings. The third kappa shape index (κ3) is 4.78. The van der Waals surface area contributed by atoms with Crippen molar-refractivity contribution in [3.63, 3.8) is 0 Å². The first-order valence-electron chi connectivity index (χ1n) is 11.6. The lowest BCUT2D eigenvalue weighted by atomic mass is 9.85. The number of amides is 1. The number of carbonyl (C=O) groups is 1. The average Bonchev–Trinajstić information content (AvgIpc) is 3.19. The Bertz CT molecular complexity index is 1190. The molecule has 5 rings (SSSR count). The number of hydrogen-bond donors (Lipinski definition) is 3. The summed E-state index contributed by atoms with van der Waals surface area (Å²) in [7, 11) is 0. The van der Waals surface area contributed by atoms with Gasteiger partial charge in [0.2, 0.25) is 17.8 Å². The molecule has 1 aromatic carbocycles. The van der Waals surface area contributed by atoms with Gasteiger partial charge in [-0.15, -0.1) is 0 Å². The van der Waals surface area contributed by atoms with Crippen LogP contribution in [0.4, 0.5) is 22.0 Å². The number of imidazole rings is 1. The van der Waals surface area contributed by atoms with E-state index in [1.54, 1.807) is 18.3 Å². The molecule has 34 heavy (non-hydrogen) atoms. The Balaban J connectivity index is 1.50. The summed E-state index contributed by atoms with van der Waals surface area (Å²) in [4.78, 5) is 25.6. The van der Waals surface area contributed by atoms with E-state index in [0.29, 0.717) is 54.1 Å². The zero-order chi connectivity index (χ0) is 23.7. The first kappa shape index (κ1) is 22.8. The highest BCUT2D eigenvalue weighted by Gasteiger charge is 2.29. The van der Waals surface area contributed by atoms with Crippen molar-refractivity contribution in [2.24, 2.45) is 11.7 Å². The van der Waals surface area contributed by atoms with Crippen LogP contribution in [0.5, 0.6) is 0 Å². The summed E-state index contributed by atoms with van der Waals surface area (Å²) in [5.74, 6) is 0.126. The number of benzene rings is 1. The van der Waals surface area contributed by atoms with Gasteiger partial charge in [0.1, 0.15) is 11.3 Å². The molecule has 4 N–H and O–H groups in total. The van der Waals surface area contributed by atoms with E-state index >= 15 is 0 Å². The third-order valence-electron chi connectivity index (χ3n) is 6.63. The molecule has 2 fully saturated rings. The second-order valence-electron chi connectivity index (χ2n) is 8.90. The SMILES string of the molecule is NC(=O)[C@H]1CC[C@H](n2c(Nc3ccc(Cl)cc3F)nc3cnc(NC4CCOCC4)nc32)CC1. The lowest BCUT2D eigenvalue weighted by molar-refractivity contribution is -0.122. The van der Waals surface area contributed by atoms with Crippen molar-refractivity contribution in [1.82, 2.24) is 19.5 Å². The molecule has 1 saturated carbocycles. The van der Waals surface area contributed by atoms with E-state index in [2.05, 4.69) is 20.6 Å². The number of ether oxygens (including phenoxy) is 1. The van der Waals surface area contributed by atoms with Crippen molar-refractivity contribution in [2.75, 3.05) is 23.8 Å². The first-order valence-corrected chi connectivity index (χ1v) is 12.0. The van der Waals surface area contributed by atoms with Crippen molar-refractivity contribution in [1.29, 1.82) is 0 Å². The maximum Gasteiger partial charge on any atom is 0.224 e. The Morgan fingerprint density at radius 3 is 2.62 bits per heavy atom. The molecule has 180 valence electrons. The number of hydrogen-bond acceptors (Lipinski definition) is 7. The molecular formula is C23H27ClFN7O2. The smallest absolute Gasteiger partial charge is 0.224 e. The fraction of sp³-hybridized carbons (Fsp3) is 0.478. The maximum atomic E-state index is 14.5. The predicted molar refractivity (Wildman–Crippen MR) is 128 cm³/mol. The summed E-state index contributed by atoms with van der Waals surface area (Å²) < 4.78 is 22.0. The highest BCUT2D eigenvalue weighted by atomic mass is 35.5. The fourth-order valence-corrected chi connectivity index (χ4v) is 4.91. The number of aromatic nitrogens is 4. The topological polar surface area (TPSA) is 120 Å². The van der Waals surface area contributed by atoms with E-state index in [9.17, 15) is 9.18 Å². The number of primary amides is 1. The molecular weight excluding hydrogens is 461 g/mol. The Kier molecular flexibility index (Phi) is 6.51. The van der Waals surface area contributed by atoms with Gasteiger partial charge in [0.15, 0.2) is 5.65 Å². The molecule has 1 aliphatic carbocycles. The molecule has 2 aliphatic rings. The van der Waals surface area contributed by atoms with Gasteiger partial charge >= 0.3 is 0 Å². The van der Waals surface area contributed by atoms with Gasteiger partial charge in [-0.1, -0.05) is 11.6 Å². The minimum absolute atomic E-state index is 0.0318. The van der Waals surface area contributed by atoms with Gasteiger partial charge in [-0.25, -0.2) is 14.4 Å². The normalized spacial score (nSPS) is 21.5. The number of anilines is 3. The second kappa shape index (κ2) is 9.71. The van der Waals surface area contributed by atoms with Crippen LogP contribution in [0.2, 0.25) is 5.02 Å². The number of halogens is 2.